The highest BCUT2D eigenvalue weighted by Crippen LogP contribution is 2.25. The molecule has 1 N–H and O–H groups in total. The van der Waals surface area contributed by atoms with Crippen LogP contribution in [0.15, 0.2) is 18.2 Å². The first-order valence-corrected chi connectivity index (χ1v) is 10.9. The smallest absolute Gasteiger partial charge is 0.310 e. The molecule has 1 heterocycles. The minimum atomic E-state index is -3.14. The van der Waals surface area contributed by atoms with Crippen LogP contribution in [0.5, 0.6) is 0 Å². The van der Waals surface area contributed by atoms with Crippen molar-refractivity contribution in [2.45, 2.75) is 45.1 Å². The van der Waals surface area contributed by atoms with Gasteiger partial charge >= 0.3 is 5.97 Å². The van der Waals surface area contributed by atoms with Gasteiger partial charge in [-0.1, -0.05) is 18.2 Å². The molecule has 0 bridgehead atoms. The van der Waals surface area contributed by atoms with Crippen molar-refractivity contribution < 1.29 is 22.7 Å². The Morgan fingerprint density at radius 3 is 2.65 bits per heavy atom. The van der Waals surface area contributed by atoms with E-state index < -0.39 is 21.7 Å². The number of amides is 1. The first-order valence-electron chi connectivity index (χ1n) is 9.12. The third-order valence-electron chi connectivity index (χ3n) is 5.16. The van der Waals surface area contributed by atoms with Gasteiger partial charge in [-0.05, 0) is 55.7 Å². The molecule has 1 amide bonds. The lowest BCUT2D eigenvalue weighted by atomic mass is 9.89. The van der Waals surface area contributed by atoms with Gasteiger partial charge in [0.05, 0.1) is 23.5 Å². The summed E-state index contributed by atoms with van der Waals surface area (Å²) in [5.74, 6) is -1.81. The van der Waals surface area contributed by atoms with E-state index in [9.17, 15) is 18.0 Å². The molecule has 7 heteroatoms. The lowest BCUT2D eigenvalue weighted by Crippen LogP contribution is -2.32. The van der Waals surface area contributed by atoms with Crippen LogP contribution in [0, 0.1) is 5.92 Å². The van der Waals surface area contributed by atoms with E-state index in [1.165, 1.54) is 24.0 Å². The molecular weight excluding hydrogens is 354 g/mol. The fourth-order valence-electron chi connectivity index (χ4n) is 3.62. The zero-order valence-electron chi connectivity index (χ0n) is 15.0. The lowest BCUT2D eigenvalue weighted by Gasteiger charge is -2.20. The maximum atomic E-state index is 12.1. The van der Waals surface area contributed by atoms with Crippen molar-refractivity contribution in [3.05, 3.63) is 34.9 Å². The first-order chi connectivity index (χ1) is 12.3. The Morgan fingerprint density at radius 1 is 1.23 bits per heavy atom. The fraction of sp³-hybridized carbons (Fsp3) is 0.579. The Bertz CT molecular complexity index is 802. The quantitative estimate of drug-likeness (QED) is 0.787. The molecule has 1 fully saturated rings. The number of sulfone groups is 1. The molecule has 1 aliphatic carbocycles. The summed E-state index contributed by atoms with van der Waals surface area (Å²) in [5.41, 5.74) is 3.77. The van der Waals surface area contributed by atoms with E-state index in [-0.39, 0.29) is 36.5 Å². The van der Waals surface area contributed by atoms with E-state index in [4.69, 9.17) is 4.74 Å². The average Bonchev–Trinajstić information content (AvgIpc) is 2.99. The molecule has 0 radical (unpaired) electrons. The summed E-state index contributed by atoms with van der Waals surface area (Å²) in [7, 11) is -3.14. The Kier molecular flexibility index (Phi) is 5.65. The predicted octanol–water partition coefficient (Wildman–Crippen LogP) is 1.72. The van der Waals surface area contributed by atoms with Gasteiger partial charge in [0.2, 0.25) is 0 Å². The fourth-order valence-corrected chi connectivity index (χ4v) is 5.35. The number of esters is 1. The van der Waals surface area contributed by atoms with Crippen LogP contribution in [0.2, 0.25) is 0 Å². The largest absolute Gasteiger partial charge is 0.455 e. The Hall–Kier alpha value is -1.89. The topological polar surface area (TPSA) is 89.5 Å². The number of nitrogens with one attached hydrogen (secondary N) is 1. The van der Waals surface area contributed by atoms with Gasteiger partial charge in [-0.15, -0.1) is 0 Å². The highest BCUT2D eigenvalue weighted by molar-refractivity contribution is 7.91. The molecule has 2 atom stereocenters. The molecule has 2 aliphatic rings. The second kappa shape index (κ2) is 7.78. The Labute approximate surface area is 154 Å². The Balaban J connectivity index is 1.49. The van der Waals surface area contributed by atoms with Gasteiger partial charge in [0, 0.05) is 0 Å². The minimum Gasteiger partial charge on any atom is -0.455 e. The first kappa shape index (κ1) is 18.9. The van der Waals surface area contributed by atoms with Gasteiger partial charge in [0.25, 0.3) is 5.91 Å². The van der Waals surface area contributed by atoms with Crippen LogP contribution in [0.25, 0.3) is 0 Å². The Morgan fingerprint density at radius 2 is 1.96 bits per heavy atom. The number of carbonyl (C=O) groups is 2. The predicted molar refractivity (Wildman–Crippen MR) is 97.4 cm³/mol. The normalized spacial score (nSPS) is 22.3. The molecule has 1 aliphatic heterocycles. The maximum absolute atomic E-state index is 12.1. The number of benzene rings is 1. The van der Waals surface area contributed by atoms with E-state index in [1.54, 1.807) is 0 Å². The highest BCUT2D eigenvalue weighted by Gasteiger charge is 2.34. The summed E-state index contributed by atoms with van der Waals surface area (Å²) in [6.07, 6.45) is 4.89. The van der Waals surface area contributed by atoms with Crippen LogP contribution >= 0.6 is 0 Å². The number of hydrogen-bond donors (Lipinski definition) is 1. The summed E-state index contributed by atoms with van der Waals surface area (Å²) < 4.78 is 27.8. The number of carbonyl (C=O) groups excluding carboxylic acids is 2. The molecule has 0 aromatic heterocycles. The monoisotopic (exact) mass is 379 g/mol. The second-order valence-corrected chi connectivity index (χ2v) is 9.46. The van der Waals surface area contributed by atoms with Gasteiger partial charge in [0.1, 0.15) is 0 Å². The molecule has 3 rings (SSSR count). The lowest BCUT2D eigenvalue weighted by molar-refractivity contribution is -0.152. The summed E-state index contributed by atoms with van der Waals surface area (Å²) in [5, 5.41) is 2.83. The van der Waals surface area contributed by atoms with Gasteiger partial charge in [0.15, 0.2) is 16.4 Å². The van der Waals surface area contributed by atoms with Crippen molar-refractivity contribution in [1.29, 1.82) is 0 Å². The SMILES string of the molecule is CC(NC(=O)COC(=O)C1CCS(=O)(=O)C1)c1ccc2c(c1)CCCC2. The molecule has 6 nitrogen and oxygen atoms in total. The van der Waals surface area contributed by atoms with Crippen molar-refractivity contribution in [1.82, 2.24) is 5.32 Å². The van der Waals surface area contributed by atoms with Crippen molar-refractivity contribution in [3.63, 3.8) is 0 Å². The summed E-state index contributed by atoms with van der Waals surface area (Å²) in [6.45, 7) is 1.51. The van der Waals surface area contributed by atoms with E-state index in [0.717, 1.165) is 18.4 Å². The second-order valence-electron chi connectivity index (χ2n) is 7.23. The standard InChI is InChI=1S/C19H25NO5S/c1-13(15-7-6-14-4-2-3-5-16(14)10-15)20-18(21)11-25-19(22)17-8-9-26(23,24)12-17/h6-7,10,13,17H,2-5,8-9,11-12H2,1H3,(H,20,21). The van der Waals surface area contributed by atoms with E-state index in [0.29, 0.717) is 0 Å². The zero-order chi connectivity index (χ0) is 18.7. The summed E-state index contributed by atoms with van der Waals surface area (Å²) in [4.78, 5) is 23.9. The van der Waals surface area contributed by atoms with Crippen LogP contribution in [-0.2, 0) is 37.0 Å². The van der Waals surface area contributed by atoms with Crippen LogP contribution in [0.4, 0.5) is 0 Å². The van der Waals surface area contributed by atoms with Gasteiger partial charge in [-0.25, -0.2) is 8.42 Å². The number of ether oxygens (including phenoxy) is 1. The summed E-state index contributed by atoms with van der Waals surface area (Å²) >= 11 is 0. The summed E-state index contributed by atoms with van der Waals surface area (Å²) in [6, 6.07) is 6.13. The zero-order valence-corrected chi connectivity index (χ0v) is 15.8. The van der Waals surface area contributed by atoms with Crippen LogP contribution in [-0.4, -0.2) is 38.4 Å². The number of hydrogen-bond acceptors (Lipinski definition) is 5. The van der Waals surface area contributed by atoms with Gasteiger partial charge < -0.3 is 10.1 Å². The number of fused-ring (bicyclic) bond motifs is 1. The minimum absolute atomic E-state index is 0.00826. The molecule has 142 valence electrons. The molecule has 1 aromatic carbocycles. The average molecular weight is 379 g/mol. The molecule has 1 saturated heterocycles. The van der Waals surface area contributed by atoms with Gasteiger partial charge in [-0.2, -0.15) is 0 Å². The third kappa shape index (κ3) is 4.63. The van der Waals surface area contributed by atoms with Crippen molar-refractivity contribution in [2.75, 3.05) is 18.1 Å². The van der Waals surface area contributed by atoms with Crippen molar-refractivity contribution in [2.24, 2.45) is 5.92 Å². The van der Waals surface area contributed by atoms with Gasteiger partial charge in [-0.3, -0.25) is 9.59 Å². The van der Waals surface area contributed by atoms with Crippen molar-refractivity contribution in [3.8, 4) is 0 Å². The molecule has 2 unspecified atom stereocenters. The number of aryl methyl sites for hydroxylation is 2. The highest BCUT2D eigenvalue weighted by atomic mass is 32.2. The molecule has 0 spiro atoms. The van der Waals surface area contributed by atoms with Crippen LogP contribution in [0.1, 0.15) is 48.9 Å². The molecule has 0 saturated carbocycles. The maximum Gasteiger partial charge on any atom is 0.310 e. The van der Waals surface area contributed by atoms with Crippen LogP contribution < -0.4 is 5.32 Å². The molecule has 1 aromatic rings. The molecular formula is C19H25NO5S. The van der Waals surface area contributed by atoms with Crippen molar-refractivity contribution >= 4 is 21.7 Å². The number of rotatable bonds is 5. The van der Waals surface area contributed by atoms with Crippen LogP contribution in [0.3, 0.4) is 0 Å². The third-order valence-corrected chi connectivity index (χ3v) is 6.93. The van der Waals surface area contributed by atoms with E-state index >= 15 is 0 Å². The van der Waals surface area contributed by atoms with E-state index in [2.05, 4.69) is 17.4 Å². The molecule has 26 heavy (non-hydrogen) atoms. The van der Waals surface area contributed by atoms with E-state index in [1.807, 2.05) is 13.0 Å².